The zero-order valence-electron chi connectivity index (χ0n) is 29.3. The molecule has 7 aromatic carbocycles. The molecule has 0 saturated heterocycles. The molecule has 0 spiro atoms. The van der Waals surface area contributed by atoms with Gasteiger partial charge in [0.15, 0.2) is 0 Å². The second kappa shape index (κ2) is 12.0. The summed E-state index contributed by atoms with van der Waals surface area (Å²) < 4.78 is 47.3. The van der Waals surface area contributed by atoms with Gasteiger partial charge in [-0.25, -0.2) is 0 Å². The Morgan fingerprint density at radius 1 is 0.491 bits per heavy atom. The van der Waals surface area contributed by atoms with Crippen molar-refractivity contribution in [1.82, 2.24) is 9.13 Å². The van der Waals surface area contributed by atoms with Crippen molar-refractivity contribution in [3.05, 3.63) is 167 Å². The second-order valence-corrected chi connectivity index (χ2v) is 13.9. The Balaban J connectivity index is 1.41. The van der Waals surface area contributed by atoms with E-state index >= 15 is 0 Å². The maximum Gasteiger partial charge on any atom is 0.416 e. The first-order valence-corrected chi connectivity index (χ1v) is 17.5. The molecule has 256 valence electrons. The van der Waals surface area contributed by atoms with E-state index in [1.165, 1.54) is 12.1 Å². The highest BCUT2D eigenvalue weighted by Crippen LogP contribution is 2.44. The lowest BCUT2D eigenvalue weighted by molar-refractivity contribution is -0.137. The fourth-order valence-electron chi connectivity index (χ4n) is 7.98. The summed E-state index contributed by atoms with van der Waals surface area (Å²) >= 11 is 0. The number of hydrogen-bond acceptors (Lipinski definition) is 1. The summed E-state index contributed by atoms with van der Waals surface area (Å²) in [5.74, 6) is 0. The van der Waals surface area contributed by atoms with Gasteiger partial charge in [-0.05, 0) is 122 Å². The van der Waals surface area contributed by atoms with Gasteiger partial charge < -0.3 is 9.13 Å². The standard InChI is InChI=1S/C47H32F3N3/c1-28-12-17-44-39(22-28)36-8-4-6-10-42(36)52(44)34-15-16-35(32-20-30(3)21-33(25-32)47(48,49)50)38(26-34)41-24-31(27-51)14-19-46(41)53-43-11-7-5-9-37(43)40-23-29(2)13-18-45(40)53/h4-26H,1-3H3. The van der Waals surface area contributed by atoms with Crippen molar-refractivity contribution in [3.63, 3.8) is 0 Å². The van der Waals surface area contributed by atoms with Crippen LogP contribution < -0.4 is 0 Å². The van der Waals surface area contributed by atoms with E-state index in [2.05, 4.69) is 95.8 Å². The zero-order chi connectivity index (χ0) is 36.6. The van der Waals surface area contributed by atoms with Crippen molar-refractivity contribution >= 4 is 43.6 Å². The molecular weight excluding hydrogens is 664 g/mol. The van der Waals surface area contributed by atoms with Crippen LogP contribution >= 0.6 is 0 Å². The van der Waals surface area contributed by atoms with Crippen LogP contribution in [0.25, 0.3) is 77.2 Å². The highest BCUT2D eigenvalue weighted by atomic mass is 19.4. The molecule has 2 heterocycles. The number of rotatable bonds is 4. The topological polar surface area (TPSA) is 33.6 Å². The van der Waals surface area contributed by atoms with E-state index in [9.17, 15) is 18.4 Å². The van der Waals surface area contributed by atoms with Gasteiger partial charge in [-0.2, -0.15) is 18.4 Å². The van der Waals surface area contributed by atoms with Crippen molar-refractivity contribution in [2.75, 3.05) is 0 Å². The van der Waals surface area contributed by atoms with Crippen LogP contribution in [-0.2, 0) is 6.18 Å². The molecule has 9 aromatic rings. The Bertz CT molecular complexity index is 2990. The van der Waals surface area contributed by atoms with Crippen LogP contribution in [0.3, 0.4) is 0 Å². The van der Waals surface area contributed by atoms with Gasteiger partial charge >= 0.3 is 6.18 Å². The second-order valence-electron chi connectivity index (χ2n) is 13.9. The number of aromatic nitrogens is 2. The third-order valence-electron chi connectivity index (χ3n) is 10.3. The molecule has 0 aliphatic heterocycles. The first-order chi connectivity index (χ1) is 25.6. The fraction of sp³-hybridized carbons (Fsp3) is 0.0851. The lowest BCUT2D eigenvalue weighted by Crippen LogP contribution is -2.06. The van der Waals surface area contributed by atoms with Gasteiger partial charge in [0.05, 0.1) is 45.0 Å². The molecule has 9 rings (SSSR count). The van der Waals surface area contributed by atoms with E-state index in [1.54, 1.807) is 19.1 Å². The summed E-state index contributed by atoms with van der Waals surface area (Å²) in [5.41, 5.74) is 10.8. The molecule has 3 nitrogen and oxygen atoms in total. The van der Waals surface area contributed by atoms with Crippen LogP contribution in [0.2, 0.25) is 0 Å². The molecule has 0 bridgehead atoms. The largest absolute Gasteiger partial charge is 0.416 e. The molecule has 53 heavy (non-hydrogen) atoms. The third kappa shape index (κ3) is 5.27. The molecule has 0 atom stereocenters. The molecule has 0 aliphatic carbocycles. The van der Waals surface area contributed by atoms with Gasteiger partial charge in [0.2, 0.25) is 0 Å². The average Bonchev–Trinajstić information content (AvgIpc) is 3.65. The van der Waals surface area contributed by atoms with Gasteiger partial charge in [0.25, 0.3) is 0 Å². The van der Waals surface area contributed by atoms with Crippen LogP contribution in [0, 0.1) is 32.1 Å². The molecule has 2 aromatic heterocycles. The maximum absolute atomic E-state index is 14.3. The monoisotopic (exact) mass is 695 g/mol. The summed E-state index contributed by atoms with van der Waals surface area (Å²) in [4.78, 5) is 0. The molecular formula is C47H32F3N3. The summed E-state index contributed by atoms with van der Waals surface area (Å²) in [6.07, 6.45) is -4.52. The van der Waals surface area contributed by atoms with Crippen LogP contribution in [-0.4, -0.2) is 9.13 Å². The number of nitriles is 1. The molecule has 0 saturated carbocycles. The predicted molar refractivity (Wildman–Crippen MR) is 210 cm³/mol. The summed E-state index contributed by atoms with van der Waals surface area (Å²) in [7, 11) is 0. The Morgan fingerprint density at radius 2 is 1.09 bits per heavy atom. The Hall–Kier alpha value is -6.58. The zero-order valence-corrected chi connectivity index (χ0v) is 29.3. The lowest BCUT2D eigenvalue weighted by Gasteiger charge is -2.20. The number of halogens is 3. The Labute approximate surface area is 304 Å². The van der Waals surface area contributed by atoms with Gasteiger partial charge in [-0.1, -0.05) is 71.8 Å². The normalized spacial score (nSPS) is 11.9. The summed E-state index contributed by atoms with van der Waals surface area (Å²) in [6, 6.07) is 47.4. The number of alkyl halides is 3. The van der Waals surface area contributed by atoms with E-state index in [1.807, 2.05) is 48.5 Å². The van der Waals surface area contributed by atoms with Crippen LogP contribution in [0.1, 0.15) is 27.8 Å². The van der Waals surface area contributed by atoms with Gasteiger partial charge in [0, 0.05) is 32.8 Å². The number of fused-ring (bicyclic) bond motifs is 6. The van der Waals surface area contributed by atoms with Crippen molar-refractivity contribution in [3.8, 4) is 39.7 Å². The van der Waals surface area contributed by atoms with Crippen LogP contribution in [0.4, 0.5) is 13.2 Å². The number of para-hydroxylation sites is 2. The van der Waals surface area contributed by atoms with Crippen molar-refractivity contribution in [1.29, 1.82) is 5.26 Å². The van der Waals surface area contributed by atoms with E-state index < -0.39 is 11.7 Å². The minimum Gasteiger partial charge on any atom is -0.309 e. The maximum atomic E-state index is 14.3. The Morgan fingerprint density at radius 3 is 1.74 bits per heavy atom. The molecule has 0 fully saturated rings. The highest BCUT2D eigenvalue weighted by molar-refractivity contribution is 6.11. The molecule has 0 unspecified atom stereocenters. The number of benzene rings is 7. The van der Waals surface area contributed by atoms with E-state index in [4.69, 9.17) is 0 Å². The van der Waals surface area contributed by atoms with Crippen molar-refractivity contribution in [2.45, 2.75) is 26.9 Å². The molecule has 0 radical (unpaired) electrons. The van der Waals surface area contributed by atoms with Gasteiger partial charge in [-0.15, -0.1) is 0 Å². The molecule has 0 amide bonds. The van der Waals surface area contributed by atoms with Crippen LogP contribution in [0.5, 0.6) is 0 Å². The van der Waals surface area contributed by atoms with Crippen molar-refractivity contribution in [2.24, 2.45) is 0 Å². The molecule has 6 heteroatoms. The van der Waals surface area contributed by atoms with E-state index in [0.717, 1.165) is 71.7 Å². The van der Waals surface area contributed by atoms with Crippen molar-refractivity contribution < 1.29 is 13.2 Å². The summed E-state index contributed by atoms with van der Waals surface area (Å²) in [5, 5.41) is 14.6. The first-order valence-electron chi connectivity index (χ1n) is 17.5. The SMILES string of the molecule is Cc1cc(-c2ccc(-n3c4ccccc4c4cc(C)ccc43)cc2-c2cc(C#N)ccc2-n2c3ccccc3c3cc(C)ccc32)cc(C(F)(F)F)c1. The van der Waals surface area contributed by atoms with E-state index in [0.29, 0.717) is 27.8 Å². The van der Waals surface area contributed by atoms with Gasteiger partial charge in [-0.3, -0.25) is 0 Å². The predicted octanol–water partition coefficient (Wildman–Crippen LogP) is 13.0. The number of nitrogens with zero attached hydrogens (tertiary/aromatic N) is 3. The third-order valence-corrected chi connectivity index (χ3v) is 10.3. The quantitative estimate of drug-likeness (QED) is 0.180. The smallest absolute Gasteiger partial charge is 0.309 e. The minimum atomic E-state index is -4.52. The highest BCUT2D eigenvalue weighted by Gasteiger charge is 2.31. The molecule has 0 aliphatic rings. The van der Waals surface area contributed by atoms with Crippen LogP contribution in [0.15, 0.2) is 140 Å². The Kier molecular flexibility index (Phi) is 7.32. The fourth-order valence-corrected chi connectivity index (χ4v) is 7.98. The average molecular weight is 696 g/mol. The molecule has 0 N–H and O–H groups in total. The lowest BCUT2D eigenvalue weighted by atomic mass is 9.90. The van der Waals surface area contributed by atoms with E-state index in [-0.39, 0.29) is 0 Å². The van der Waals surface area contributed by atoms with Gasteiger partial charge in [0.1, 0.15) is 0 Å². The first kappa shape index (κ1) is 32.3. The summed E-state index contributed by atoms with van der Waals surface area (Å²) in [6.45, 7) is 5.84. The minimum absolute atomic E-state index is 0.447. The number of aryl methyl sites for hydroxylation is 3. The number of hydrogen-bond donors (Lipinski definition) is 0.